The number of ether oxygens (including phenoxy) is 2. The second kappa shape index (κ2) is 8.91. The Balaban J connectivity index is 4.09. The summed E-state index contributed by atoms with van der Waals surface area (Å²) in [6.07, 6.45) is 3.49. The third kappa shape index (κ3) is 7.00. The van der Waals surface area contributed by atoms with Gasteiger partial charge in [-0.1, -0.05) is 6.08 Å². The summed E-state index contributed by atoms with van der Waals surface area (Å²) in [7, 11) is 2.64. The molecule has 5 nitrogen and oxygen atoms in total. The summed E-state index contributed by atoms with van der Waals surface area (Å²) in [5.74, 6) is -0.718. The molecule has 5 heteroatoms. The van der Waals surface area contributed by atoms with E-state index in [0.717, 1.165) is 12.8 Å². The fraction of sp³-hybridized carbons (Fsp3) is 0.636. The summed E-state index contributed by atoms with van der Waals surface area (Å²) < 4.78 is 9.10. The van der Waals surface area contributed by atoms with Crippen LogP contribution in [-0.4, -0.2) is 50.7 Å². The van der Waals surface area contributed by atoms with Crippen LogP contribution in [0.4, 0.5) is 0 Å². The molecular formula is C11H19NO4. The van der Waals surface area contributed by atoms with Crippen LogP contribution in [0.1, 0.15) is 12.8 Å². The second-order valence-corrected chi connectivity index (χ2v) is 3.29. The van der Waals surface area contributed by atoms with Crippen LogP contribution >= 0.6 is 0 Å². The van der Waals surface area contributed by atoms with Gasteiger partial charge in [-0.25, -0.2) is 0 Å². The molecular weight excluding hydrogens is 210 g/mol. The highest BCUT2D eigenvalue weighted by Crippen LogP contribution is 1.97. The predicted molar refractivity (Wildman–Crippen MR) is 59.9 cm³/mol. The van der Waals surface area contributed by atoms with Gasteiger partial charge in [0.1, 0.15) is 0 Å². The zero-order valence-corrected chi connectivity index (χ0v) is 9.90. The Morgan fingerprint density at radius 3 is 2.06 bits per heavy atom. The van der Waals surface area contributed by atoms with Crippen molar-refractivity contribution in [2.24, 2.45) is 0 Å². The van der Waals surface area contributed by atoms with Crippen molar-refractivity contribution < 1.29 is 19.1 Å². The molecule has 0 rings (SSSR count). The minimum Gasteiger partial charge on any atom is -0.468 e. The molecule has 0 aliphatic rings. The van der Waals surface area contributed by atoms with Gasteiger partial charge in [-0.2, -0.15) is 0 Å². The topological polar surface area (TPSA) is 55.8 Å². The number of rotatable bonds is 8. The molecule has 0 aromatic rings. The van der Waals surface area contributed by atoms with E-state index in [1.54, 1.807) is 11.0 Å². The van der Waals surface area contributed by atoms with E-state index < -0.39 is 0 Å². The molecule has 0 aliphatic carbocycles. The van der Waals surface area contributed by atoms with Crippen LogP contribution in [0.15, 0.2) is 12.7 Å². The highest BCUT2D eigenvalue weighted by Gasteiger charge is 2.14. The predicted octanol–water partition coefficient (Wildman–Crippen LogP) is 0.601. The van der Waals surface area contributed by atoms with Crippen molar-refractivity contribution in [2.45, 2.75) is 12.8 Å². The summed E-state index contributed by atoms with van der Waals surface area (Å²) in [4.78, 5) is 23.9. The van der Waals surface area contributed by atoms with E-state index in [1.165, 1.54) is 14.2 Å². The van der Waals surface area contributed by atoms with Gasteiger partial charge in [-0.15, -0.1) is 6.58 Å². The van der Waals surface area contributed by atoms with Crippen LogP contribution < -0.4 is 0 Å². The third-order valence-electron chi connectivity index (χ3n) is 2.04. The van der Waals surface area contributed by atoms with E-state index in [1.807, 2.05) is 0 Å². The van der Waals surface area contributed by atoms with Gasteiger partial charge in [0.05, 0.1) is 27.3 Å². The minimum atomic E-state index is -0.359. The molecule has 0 heterocycles. The maximum atomic E-state index is 11.1. The summed E-state index contributed by atoms with van der Waals surface area (Å²) in [5.41, 5.74) is 0. The molecule has 0 saturated heterocycles. The van der Waals surface area contributed by atoms with E-state index >= 15 is 0 Å². The quantitative estimate of drug-likeness (QED) is 0.346. The number of carbonyl (C=O) groups is 2. The summed E-state index contributed by atoms with van der Waals surface area (Å²) in [6.45, 7) is 4.44. The maximum absolute atomic E-state index is 11.1. The maximum Gasteiger partial charge on any atom is 0.319 e. The first-order valence-corrected chi connectivity index (χ1v) is 5.11. The Hall–Kier alpha value is -1.36. The number of carbonyl (C=O) groups excluding carboxylic acids is 2. The fourth-order valence-corrected chi connectivity index (χ4v) is 1.17. The van der Waals surface area contributed by atoms with Crippen LogP contribution in [0.5, 0.6) is 0 Å². The van der Waals surface area contributed by atoms with E-state index in [4.69, 9.17) is 0 Å². The minimum absolute atomic E-state index is 0.0999. The normalized spacial score (nSPS) is 9.94. The van der Waals surface area contributed by atoms with Crippen molar-refractivity contribution in [3.05, 3.63) is 12.7 Å². The number of nitrogens with zero attached hydrogens (tertiary/aromatic N) is 1. The molecule has 0 unspecified atom stereocenters. The first-order chi connectivity index (χ1) is 7.63. The number of allylic oxidation sites excluding steroid dienone is 1. The SMILES string of the molecule is C=CCCCN(CC(=O)OC)CC(=O)OC. The summed E-state index contributed by atoms with van der Waals surface area (Å²) in [5, 5.41) is 0. The number of hydrogen-bond acceptors (Lipinski definition) is 5. The van der Waals surface area contributed by atoms with E-state index in [-0.39, 0.29) is 25.0 Å². The smallest absolute Gasteiger partial charge is 0.319 e. The van der Waals surface area contributed by atoms with Crippen LogP contribution in [0.3, 0.4) is 0 Å². The number of unbranched alkanes of at least 4 members (excludes halogenated alkanes) is 1. The van der Waals surface area contributed by atoms with Crippen LogP contribution in [0.2, 0.25) is 0 Å². The zero-order valence-electron chi connectivity index (χ0n) is 9.90. The van der Waals surface area contributed by atoms with Crippen LogP contribution in [0, 0.1) is 0 Å². The number of hydrogen-bond donors (Lipinski definition) is 0. The van der Waals surface area contributed by atoms with Gasteiger partial charge in [0.15, 0.2) is 0 Å². The average Bonchev–Trinajstić information content (AvgIpc) is 2.28. The molecule has 0 atom stereocenters. The molecule has 0 aliphatic heterocycles. The van der Waals surface area contributed by atoms with E-state index in [0.29, 0.717) is 6.54 Å². The Labute approximate surface area is 96.0 Å². The van der Waals surface area contributed by atoms with Gasteiger partial charge in [0.2, 0.25) is 0 Å². The Morgan fingerprint density at radius 1 is 1.19 bits per heavy atom. The first kappa shape index (κ1) is 14.6. The largest absolute Gasteiger partial charge is 0.468 e. The molecule has 0 N–H and O–H groups in total. The van der Waals surface area contributed by atoms with Gasteiger partial charge in [0.25, 0.3) is 0 Å². The second-order valence-electron chi connectivity index (χ2n) is 3.29. The van der Waals surface area contributed by atoms with Gasteiger partial charge in [-0.05, 0) is 19.4 Å². The molecule has 0 bridgehead atoms. The van der Waals surface area contributed by atoms with Crippen molar-refractivity contribution in [2.75, 3.05) is 33.9 Å². The Morgan fingerprint density at radius 2 is 1.69 bits per heavy atom. The van der Waals surface area contributed by atoms with Gasteiger partial charge >= 0.3 is 11.9 Å². The Kier molecular flexibility index (Phi) is 8.15. The van der Waals surface area contributed by atoms with Crippen LogP contribution in [-0.2, 0) is 19.1 Å². The van der Waals surface area contributed by atoms with E-state index in [2.05, 4.69) is 16.1 Å². The van der Waals surface area contributed by atoms with Gasteiger partial charge < -0.3 is 9.47 Å². The lowest BCUT2D eigenvalue weighted by Gasteiger charge is -2.18. The highest BCUT2D eigenvalue weighted by molar-refractivity contribution is 5.74. The lowest BCUT2D eigenvalue weighted by Crippen LogP contribution is -2.36. The Bertz CT molecular complexity index is 222. The summed E-state index contributed by atoms with van der Waals surface area (Å²) in [6, 6.07) is 0. The monoisotopic (exact) mass is 229 g/mol. The van der Waals surface area contributed by atoms with Crippen molar-refractivity contribution in [3.8, 4) is 0 Å². The molecule has 0 saturated carbocycles. The lowest BCUT2D eigenvalue weighted by molar-refractivity contribution is -0.145. The molecule has 92 valence electrons. The van der Waals surface area contributed by atoms with Gasteiger partial charge in [0, 0.05) is 0 Å². The van der Waals surface area contributed by atoms with Gasteiger partial charge in [-0.3, -0.25) is 14.5 Å². The van der Waals surface area contributed by atoms with Crippen molar-refractivity contribution in [1.29, 1.82) is 0 Å². The van der Waals surface area contributed by atoms with Crippen molar-refractivity contribution in [3.63, 3.8) is 0 Å². The molecule has 0 spiro atoms. The molecule has 0 amide bonds. The van der Waals surface area contributed by atoms with Crippen molar-refractivity contribution >= 4 is 11.9 Å². The highest BCUT2D eigenvalue weighted by atomic mass is 16.5. The third-order valence-corrected chi connectivity index (χ3v) is 2.04. The molecule has 0 aromatic heterocycles. The van der Waals surface area contributed by atoms with Crippen molar-refractivity contribution in [1.82, 2.24) is 4.90 Å². The summed E-state index contributed by atoms with van der Waals surface area (Å²) >= 11 is 0. The van der Waals surface area contributed by atoms with Crippen LogP contribution in [0.25, 0.3) is 0 Å². The molecule has 0 aromatic carbocycles. The lowest BCUT2D eigenvalue weighted by atomic mass is 10.3. The number of methoxy groups -OCH3 is 2. The standard InChI is InChI=1S/C11H19NO4/c1-4-5-6-7-12(8-10(13)15-2)9-11(14)16-3/h4H,1,5-9H2,2-3H3. The average molecular weight is 229 g/mol. The zero-order chi connectivity index (χ0) is 12.4. The van der Waals surface area contributed by atoms with E-state index in [9.17, 15) is 9.59 Å². The fourth-order valence-electron chi connectivity index (χ4n) is 1.17. The molecule has 0 fully saturated rings. The molecule has 16 heavy (non-hydrogen) atoms. The first-order valence-electron chi connectivity index (χ1n) is 5.11. The number of esters is 2. The molecule has 0 radical (unpaired) electrons.